The van der Waals surface area contributed by atoms with Crippen LogP contribution in [0, 0.1) is 0 Å². The Kier molecular flexibility index (Phi) is 5.71. The molecule has 132 valence electrons. The third-order valence-corrected chi connectivity index (χ3v) is 4.62. The first-order valence-corrected chi connectivity index (χ1v) is 8.58. The number of hydrogen-bond acceptors (Lipinski definition) is 3. The van der Waals surface area contributed by atoms with E-state index in [9.17, 15) is 4.39 Å². The average molecular weight is 341 g/mol. The Morgan fingerprint density at radius 2 is 1.88 bits per heavy atom. The lowest BCUT2D eigenvalue weighted by Crippen LogP contribution is -2.29. The van der Waals surface area contributed by atoms with Crippen molar-refractivity contribution in [3.05, 3.63) is 65.5 Å². The Morgan fingerprint density at radius 3 is 2.60 bits per heavy atom. The Bertz CT molecular complexity index is 730. The Balaban J connectivity index is 1.76. The van der Waals surface area contributed by atoms with Crippen LogP contribution in [0.25, 0.3) is 6.08 Å². The van der Waals surface area contributed by atoms with E-state index in [-0.39, 0.29) is 11.9 Å². The van der Waals surface area contributed by atoms with E-state index in [4.69, 9.17) is 9.47 Å². The summed E-state index contributed by atoms with van der Waals surface area (Å²) in [5.41, 5.74) is 2.00. The number of benzene rings is 2. The molecule has 1 aliphatic heterocycles. The standard InChI is InChI=1S/C21H24FNO2/c1-24-20-11-10-17(14-21(20)25-2)13-18(22)19-9-6-12-23(19)15-16-7-4-3-5-8-16/h3-5,7-8,10-11,13-14,19H,6,9,12,15H2,1-2H3/b18-13+. The van der Waals surface area contributed by atoms with Crippen LogP contribution in [0.3, 0.4) is 0 Å². The maximum atomic E-state index is 14.9. The van der Waals surface area contributed by atoms with Crippen molar-refractivity contribution in [3.8, 4) is 11.5 Å². The first-order chi connectivity index (χ1) is 12.2. The Labute approximate surface area is 148 Å². The minimum atomic E-state index is -0.159. The Hall–Kier alpha value is -2.33. The number of methoxy groups -OCH3 is 2. The van der Waals surface area contributed by atoms with Gasteiger partial charge in [-0.05, 0) is 48.7 Å². The van der Waals surface area contributed by atoms with Gasteiger partial charge < -0.3 is 9.47 Å². The van der Waals surface area contributed by atoms with Gasteiger partial charge >= 0.3 is 0 Å². The van der Waals surface area contributed by atoms with Crippen LogP contribution < -0.4 is 9.47 Å². The quantitative estimate of drug-likeness (QED) is 0.761. The molecule has 1 heterocycles. The van der Waals surface area contributed by atoms with Gasteiger partial charge in [0.1, 0.15) is 5.83 Å². The van der Waals surface area contributed by atoms with E-state index in [0.717, 1.165) is 31.5 Å². The highest BCUT2D eigenvalue weighted by atomic mass is 19.1. The second-order valence-corrected chi connectivity index (χ2v) is 6.26. The SMILES string of the molecule is COc1ccc(/C=C(/F)C2CCCN2Cc2ccccc2)cc1OC. The maximum absolute atomic E-state index is 14.9. The molecule has 3 rings (SSSR count). The molecule has 0 amide bonds. The van der Waals surface area contributed by atoms with Gasteiger partial charge in [0.2, 0.25) is 0 Å². The lowest BCUT2D eigenvalue weighted by atomic mass is 10.1. The molecule has 0 radical (unpaired) electrons. The van der Waals surface area contributed by atoms with Crippen molar-refractivity contribution in [2.75, 3.05) is 20.8 Å². The van der Waals surface area contributed by atoms with E-state index >= 15 is 0 Å². The molecule has 1 aliphatic rings. The molecule has 1 saturated heterocycles. The minimum Gasteiger partial charge on any atom is -0.493 e. The maximum Gasteiger partial charge on any atom is 0.161 e. The van der Waals surface area contributed by atoms with Gasteiger partial charge in [-0.3, -0.25) is 4.90 Å². The molecular formula is C21H24FNO2. The monoisotopic (exact) mass is 341 g/mol. The third-order valence-electron chi connectivity index (χ3n) is 4.62. The molecule has 0 bridgehead atoms. The normalized spacial score (nSPS) is 18.4. The molecule has 1 fully saturated rings. The highest BCUT2D eigenvalue weighted by Gasteiger charge is 2.28. The highest BCUT2D eigenvalue weighted by Crippen LogP contribution is 2.31. The average Bonchev–Trinajstić information content (AvgIpc) is 3.10. The molecule has 25 heavy (non-hydrogen) atoms. The third kappa shape index (κ3) is 4.20. The number of nitrogens with zero attached hydrogens (tertiary/aromatic N) is 1. The molecule has 2 aromatic rings. The molecule has 0 aromatic heterocycles. The van der Waals surface area contributed by atoms with E-state index in [1.165, 1.54) is 5.56 Å². The van der Waals surface area contributed by atoms with Crippen LogP contribution in [0.4, 0.5) is 4.39 Å². The fourth-order valence-electron chi connectivity index (χ4n) is 3.34. The van der Waals surface area contributed by atoms with Crippen molar-refractivity contribution < 1.29 is 13.9 Å². The first-order valence-electron chi connectivity index (χ1n) is 8.58. The fraction of sp³-hybridized carbons (Fsp3) is 0.333. The number of hydrogen-bond donors (Lipinski definition) is 0. The van der Waals surface area contributed by atoms with Gasteiger partial charge in [-0.2, -0.15) is 0 Å². The summed E-state index contributed by atoms with van der Waals surface area (Å²) in [6.07, 6.45) is 3.48. The van der Waals surface area contributed by atoms with Crippen LogP contribution in [-0.2, 0) is 6.54 Å². The molecule has 0 N–H and O–H groups in total. The van der Waals surface area contributed by atoms with Crippen molar-refractivity contribution >= 4 is 6.08 Å². The van der Waals surface area contributed by atoms with Gasteiger partial charge in [0.25, 0.3) is 0 Å². The summed E-state index contributed by atoms with van der Waals surface area (Å²) in [5.74, 6) is 1.16. The van der Waals surface area contributed by atoms with Gasteiger partial charge in [0.05, 0.1) is 20.3 Å². The minimum absolute atomic E-state index is 0.0966. The highest BCUT2D eigenvalue weighted by molar-refractivity contribution is 5.57. The van der Waals surface area contributed by atoms with Crippen LogP contribution in [0.2, 0.25) is 0 Å². The number of rotatable bonds is 6. The number of likely N-dealkylation sites (tertiary alicyclic amines) is 1. The van der Waals surface area contributed by atoms with Crippen molar-refractivity contribution in [1.29, 1.82) is 0 Å². The molecule has 1 unspecified atom stereocenters. The number of halogens is 1. The molecule has 4 heteroatoms. The predicted molar refractivity (Wildman–Crippen MR) is 98.5 cm³/mol. The molecule has 3 nitrogen and oxygen atoms in total. The predicted octanol–water partition coefficient (Wildman–Crippen LogP) is 4.68. The molecule has 1 atom stereocenters. The lowest BCUT2D eigenvalue weighted by Gasteiger charge is -2.23. The van der Waals surface area contributed by atoms with E-state index < -0.39 is 0 Å². The Morgan fingerprint density at radius 1 is 1.12 bits per heavy atom. The lowest BCUT2D eigenvalue weighted by molar-refractivity contribution is 0.248. The summed E-state index contributed by atoms with van der Waals surface area (Å²) < 4.78 is 25.4. The molecule has 0 saturated carbocycles. The molecule has 0 aliphatic carbocycles. The summed E-state index contributed by atoms with van der Waals surface area (Å²) in [5, 5.41) is 0. The van der Waals surface area contributed by atoms with Crippen LogP contribution >= 0.6 is 0 Å². The summed E-state index contributed by atoms with van der Waals surface area (Å²) in [6.45, 7) is 1.70. The molecule has 0 spiro atoms. The van der Waals surface area contributed by atoms with Crippen molar-refractivity contribution in [1.82, 2.24) is 4.90 Å². The number of ether oxygens (including phenoxy) is 2. The van der Waals surface area contributed by atoms with Crippen LogP contribution in [0.5, 0.6) is 11.5 Å². The van der Waals surface area contributed by atoms with Crippen LogP contribution in [-0.4, -0.2) is 31.7 Å². The topological polar surface area (TPSA) is 21.7 Å². The summed E-state index contributed by atoms with van der Waals surface area (Å²) in [4.78, 5) is 2.21. The van der Waals surface area contributed by atoms with Gasteiger partial charge in [-0.15, -0.1) is 0 Å². The van der Waals surface area contributed by atoms with Gasteiger partial charge in [0, 0.05) is 6.54 Å². The summed E-state index contributed by atoms with van der Waals surface area (Å²) in [7, 11) is 3.17. The zero-order valence-electron chi connectivity index (χ0n) is 14.7. The van der Waals surface area contributed by atoms with E-state index in [2.05, 4.69) is 17.0 Å². The van der Waals surface area contributed by atoms with Crippen LogP contribution in [0.1, 0.15) is 24.0 Å². The first kappa shape index (κ1) is 17.5. The van der Waals surface area contributed by atoms with Crippen molar-refractivity contribution in [2.45, 2.75) is 25.4 Å². The van der Waals surface area contributed by atoms with E-state index in [1.807, 2.05) is 24.3 Å². The fourth-order valence-corrected chi connectivity index (χ4v) is 3.34. The van der Waals surface area contributed by atoms with Gasteiger partial charge in [-0.1, -0.05) is 36.4 Å². The van der Waals surface area contributed by atoms with Crippen molar-refractivity contribution in [2.24, 2.45) is 0 Å². The van der Waals surface area contributed by atoms with Gasteiger partial charge in [0.15, 0.2) is 11.5 Å². The molecular weight excluding hydrogens is 317 g/mol. The van der Waals surface area contributed by atoms with Gasteiger partial charge in [-0.25, -0.2) is 4.39 Å². The summed E-state index contributed by atoms with van der Waals surface area (Å²) >= 11 is 0. The van der Waals surface area contributed by atoms with E-state index in [1.54, 1.807) is 32.4 Å². The van der Waals surface area contributed by atoms with Crippen molar-refractivity contribution in [3.63, 3.8) is 0 Å². The van der Waals surface area contributed by atoms with E-state index in [0.29, 0.717) is 11.5 Å². The van der Waals surface area contributed by atoms with Crippen LogP contribution in [0.15, 0.2) is 54.4 Å². The molecule has 2 aromatic carbocycles. The largest absolute Gasteiger partial charge is 0.493 e. The smallest absolute Gasteiger partial charge is 0.161 e. The summed E-state index contributed by atoms with van der Waals surface area (Å²) in [6, 6.07) is 15.5. The zero-order valence-corrected chi connectivity index (χ0v) is 14.7. The zero-order chi connectivity index (χ0) is 17.6. The second-order valence-electron chi connectivity index (χ2n) is 6.26. The second kappa shape index (κ2) is 8.17.